The summed E-state index contributed by atoms with van der Waals surface area (Å²) < 4.78 is 9.02. The van der Waals surface area contributed by atoms with Crippen LogP contribution in [0.2, 0.25) is 0 Å². The van der Waals surface area contributed by atoms with Crippen molar-refractivity contribution in [2.45, 2.75) is 0 Å². The maximum Gasteiger partial charge on any atom is 0.164 e. The summed E-state index contributed by atoms with van der Waals surface area (Å²) in [5, 5.41) is 9.61. The van der Waals surface area contributed by atoms with Crippen LogP contribution in [0, 0.1) is 0 Å². The van der Waals surface area contributed by atoms with E-state index < -0.39 is 0 Å². The van der Waals surface area contributed by atoms with Crippen LogP contribution in [-0.2, 0) is 0 Å². The zero-order valence-electron chi connectivity index (χ0n) is 33.3. The number of nitrogens with zero attached hydrogens (tertiary/aromatic N) is 4. The van der Waals surface area contributed by atoms with Gasteiger partial charge in [0.2, 0.25) is 0 Å². The molecule has 10 aromatic carbocycles. The van der Waals surface area contributed by atoms with Crippen LogP contribution in [0.4, 0.5) is 0 Å². The number of hydrogen-bond acceptors (Lipinski definition) is 4. The average molecular weight is 791 g/mol. The molecule has 0 unspecified atom stereocenters. The van der Waals surface area contributed by atoms with Crippen LogP contribution < -0.4 is 0 Å². The zero-order valence-corrected chi connectivity index (χ0v) is 33.3. The van der Waals surface area contributed by atoms with Crippen molar-refractivity contribution in [2.24, 2.45) is 0 Å². The third-order valence-corrected chi connectivity index (χ3v) is 12.4. The van der Waals surface area contributed by atoms with Crippen LogP contribution in [-0.4, -0.2) is 19.5 Å². The summed E-state index contributed by atoms with van der Waals surface area (Å²) in [6, 6.07) is 72.6. The Morgan fingerprint density at radius 2 is 0.774 bits per heavy atom. The Bertz CT molecular complexity index is 3640. The van der Waals surface area contributed by atoms with Gasteiger partial charge in [-0.2, -0.15) is 0 Å². The fraction of sp³-hybridized carbons (Fsp3) is 0. The van der Waals surface area contributed by atoms with Crippen molar-refractivity contribution < 1.29 is 4.42 Å². The highest BCUT2D eigenvalue weighted by molar-refractivity contribution is 6.34. The van der Waals surface area contributed by atoms with E-state index in [2.05, 4.69) is 187 Å². The molecular weight excluding hydrogens is 757 g/mol. The first-order chi connectivity index (χ1) is 30.7. The molecule has 13 rings (SSSR count). The maximum atomic E-state index is 6.61. The second kappa shape index (κ2) is 13.6. The Morgan fingerprint density at radius 1 is 0.306 bits per heavy atom. The summed E-state index contributed by atoms with van der Waals surface area (Å²) in [6.07, 6.45) is 0. The molecule has 0 atom stereocenters. The fourth-order valence-corrected chi connectivity index (χ4v) is 9.57. The Kier molecular flexibility index (Phi) is 7.54. The quantitative estimate of drug-likeness (QED) is 0.157. The Morgan fingerprint density at radius 3 is 1.34 bits per heavy atom. The molecule has 5 heteroatoms. The summed E-state index contributed by atoms with van der Waals surface area (Å²) in [5.41, 5.74) is 12.3. The summed E-state index contributed by atoms with van der Waals surface area (Å²) in [6.45, 7) is 0. The summed E-state index contributed by atoms with van der Waals surface area (Å²) >= 11 is 0. The van der Waals surface area contributed by atoms with Crippen molar-refractivity contribution in [3.8, 4) is 62.1 Å². The minimum Gasteiger partial charge on any atom is -0.456 e. The van der Waals surface area contributed by atoms with Crippen molar-refractivity contribution in [1.82, 2.24) is 19.5 Å². The Hall–Kier alpha value is -8.41. The van der Waals surface area contributed by atoms with E-state index in [-0.39, 0.29) is 0 Å². The monoisotopic (exact) mass is 790 g/mol. The van der Waals surface area contributed by atoms with Gasteiger partial charge in [0, 0.05) is 43.9 Å². The minimum atomic E-state index is 0.581. The Balaban J connectivity index is 1.01. The highest BCUT2D eigenvalue weighted by Gasteiger charge is 2.22. The van der Waals surface area contributed by atoms with Gasteiger partial charge in [0.15, 0.2) is 17.5 Å². The number of hydrogen-bond donors (Lipinski definition) is 0. The van der Waals surface area contributed by atoms with Gasteiger partial charge >= 0.3 is 0 Å². The van der Waals surface area contributed by atoms with Crippen LogP contribution in [0.25, 0.3) is 127 Å². The second-order valence-electron chi connectivity index (χ2n) is 15.9. The largest absolute Gasteiger partial charge is 0.456 e. The molecule has 3 heterocycles. The first kappa shape index (κ1) is 34.5. The molecule has 0 bridgehead atoms. The lowest BCUT2D eigenvalue weighted by atomic mass is 9.95. The SMILES string of the molecule is c1ccc(-c2ccc(-c3nc(-c4ccc(-c5ccccc5)cc4)nc(-c4cccc5oc6ccc(-n7c8cccc9c%10ccccc%10c%10cccc7c%10c98)cc6c45)n3)cc2)cc1. The number of fused-ring (bicyclic) bond motifs is 6. The molecule has 0 aliphatic rings. The van der Waals surface area contributed by atoms with E-state index in [1.54, 1.807) is 0 Å². The molecule has 0 fully saturated rings. The van der Waals surface area contributed by atoms with E-state index >= 15 is 0 Å². The number of aromatic nitrogens is 4. The summed E-state index contributed by atoms with van der Waals surface area (Å²) in [4.78, 5) is 15.6. The molecule has 0 radical (unpaired) electrons. The molecule has 0 aliphatic carbocycles. The van der Waals surface area contributed by atoms with Crippen molar-refractivity contribution in [3.63, 3.8) is 0 Å². The van der Waals surface area contributed by atoms with Gasteiger partial charge in [0.25, 0.3) is 0 Å². The molecule has 288 valence electrons. The van der Waals surface area contributed by atoms with Crippen LogP contribution in [0.3, 0.4) is 0 Å². The first-order valence-corrected chi connectivity index (χ1v) is 20.9. The van der Waals surface area contributed by atoms with Crippen LogP contribution in [0.1, 0.15) is 0 Å². The third-order valence-electron chi connectivity index (χ3n) is 12.4. The van der Waals surface area contributed by atoms with Crippen molar-refractivity contribution >= 4 is 65.3 Å². The van der Waals surface area contributed by atoms with Crippen molar-refractivity contribution in [2.75, 3.05) is 0 Å². The van der Waals surface area contributed by atoms with Crippen LogP contribution >= 0.6 is 0 Å². The lowest BCUT2D eigenvalue weighted by Crippen LogP contribution is -2.00. The molecule has 0 N–H and O–H groups in total. The smallest absolute Gasteiger partial charge is 0.164 e. The van der Waals surface area contributed by atoms with Crippen LogP contribution in [0.15, 0.2) is 211 Å². The van der Waals surface area contributed by atoms with E-state index in [4.69, 9.17) is 19.4 Å². The van der Waals surface area contributed by atoms with Gasteiger partial charge in [-0.1, -0.05) is 170 Å². The zero-order chi connectivity index (χ0) is 40.7. The minimum absolute atomic E-state index is 0.581. The van der Waals surface area contributed by atoms with Crippen molar-refractivity contribution in [1.29, 1.82) is 0 Å². The van der Waals surface area contributed by atoms with Gasteiger partial charge in [-0.3, -0.25) is 0 Å². The summed E-state index contributed by atoms with van der Waals surface area (Å²) in [7, 11) is 0. The van der Waals surface area contributed by atoms with Gasteiger partial charge in [-0.25, -0.2) is 15.0 Å². The molecule has 62 heavy (non-hydrogen) atoms. The van der Waals surface area contributed by atoms with E-state index in [1.165, 1.54) is 43.4 Å². The summed E-state index contributed by atoms with van der Waals surface area (Å²) in [5.74, 6) is 1.79. The predicted molar refractivity (Wildman–Crippen MR) is 255 cm³/mol. The van der Waals surface area contributed by atoms with Crippen LogP contribution in [0.5, 0.6) is 0 Å². The standard InChI is InChI=1S/C57H34N4O/c1-3-12-35(13-4-1)37-24-28-39(29-25-37)55-58-56(40-30-26-38(27-31-40)36-14-5-2-6-15-36)60-57(59-55)46-20-11-23-51-52(46)47-34-41(32-33-50(47)62-51)61-48-21-9-18-44-42-16-7-8-17-43(42)45-19-10-22-49(61)54(45)53(44)48/h1-34H. The Labute approximate surface area is 356 Å². The number of benzene rings is 10. The van der Waals surface area contributed by atoms with Gasteiger partial charge in [-0.05, 0) is 80.2 Å². The predicted octanol–water partition coefficient (Wildman–Crippen LogP) is 14.9. The van der Waals surface area contributed by atoms with E-state index in [9.17, 15) is 0 Å². The molecule has 0 saturated heterocycles. The number of furan rings is 1. The molecule has 0 aliphatic heterocycles. The topological polar surface area (TPSA) is 56.7 Å². The molecule has 0 amide bonds. The highest BCUT2D eigenvalue weighted by atomic mass is 16.3. The third kappa shape index (κ3) is 5.32. The van der Waals surface area contributed by atoms with E-state index in [0.717, 1.165) is 66.6 Å². The molecule has 0 spiro atoms. The van der Waals surface area contributed by atoms with Crippen molar-refractivity contribution in [3.05, 3.63) is 206 Å². The van der Waals surface area contributed by atoms with Gasteiger partial charge in [0.1, 0.15) is 11.2 Å². The lowest BCUT2D eigenvalue weighted by Gasteiger charge is -2.11. The average Bonchev–Trinajstić information content (AvgIpc) is 3.90. The molecule has 13 aromatic rings. The van der Waals surface area contributed by atoms with Gasteiger partial charge in [0.05, 0.1) is 11.0 Å². The first-order valence-electron chi connectivity index (χ1n) is 20.9. The molecule has 3 aromatic heterocycles. The van der Waals surface area contributed by atoms with Gasteiger partial charge < -0.3 is 8.98 Å². The second-order valence-corrected chi connectivity index (χ2v) is 15.9. The van der Waals surface area contributed by atoms with E-state index in [0.29, 0.717) is 17.5 Å². The normalized spacial score (nSPS) is 11.9. The fourth-order valence-electron chi connectivity index (χ4n) is 9.57. The lowest BCUT2D eigenvalue weighted by molar-refractivity contribution is 0.669. The maximum absolute atomic E-state index is 6.61. The van der Waals surface area contributed by atoms with Gasteiger partial charge in [-0.15, -0.1) is 0 Å². The molecule has 5 nitrogen and oxygen atoms in total. The molecule has 0 saturated carbocycles. The highest BCUT2D eigenvalue weighted by Crippen LogP contribution is 2.45. The number of rotatable bonds is 6. The molecular formula is C57H34N4O. The van der Waals surface area contributed by atoms with E-state index in [1.807, 2.05) is 24.3 Å².